The van der Waals surface area contributed by atoms with Gasteiger partial charge in [-0.15, -0.1) is 23.7 Å². The molecule has 1 aromatic carbocycles. The lowest BCUT2D eigenvalue weighted by molar-refractivity contribution is -0.118. The Morgan fingerprint density at radius 3 is 2.37 bits per heavy atom. The number of anilines is 1. The quantitative estimate of drug-likeness (QED) is 0.424. The number of carbonyl (C=O) groups is 1. The molecule has 3 aromatic rings. The van der Waals surface area contributed by atoms with Crippen molar-refractivity contribution in [3.05, 3.63) is 33.5 Å². The molecule has 164 valence electrons. The number of carbonyl (C=O) groups excluding carboxylic acids is 1. The maximum absolute atomic E-state index is 13.2. The van der Waals surface area contributed by atoms with E-state index in [2.05, 4.69) is 4.90 Å². The summed E-state index contributed by atoms with van der Waals surface area (Å²) in [5.41, 5.74) is 0.705. The third kappa shape index (κ3) is 5.76. The first kappa shape index (κ1) is 24.7. The fourth-order valence-corrected chi connectivity index (χ4v) is 5.15. The number of benzene rings is 1. The summed E-state index contributed by atoms with van der Waals surface area (Å²) in [6, 6.07) is 7.40. The van der Waals surface area contributed by atoms with Crippen LogP contribution >= 0.6 is 46.7 Å². The molecule has 0 N–H and O–H groups in total. The van der Waals surface area contributed by atoms with Crippen LogP contribution in [0.25, 0.3) is 10.2 Å². The summed E-state index contributed by atoms with van der Waals surface area (Å²) in [4.78, 5) is 22.7. The van der Waals surface area contributed by atoms with Crippen LogP contribution in [0.3, 0.4) is 0 Å². The SMILES string of the molecule is COc1ccc(OC)c2sc(N(CCCN(C)C)C(=O)Cc3ccc(Cl)s3)nc12.Cl. The second-order valence-electron chi connectivity index (χ2n) is 6.73. The molecule has 0 aliphatic heterocycles. The summed E-state index contributed by atoms with van der Waals surface area (Å²) in [6.07, 6.45) is 1.14. The lowest BCUT2D eigenvalue weighted by Crippen LogP contribution is -2.34. The van der Waals surface area contributed by atoms with E-state index in [0.29, 0.717) is 33.7 Å². The van der Waals surface area contributed by atoms with E-state index < -0.39 is 0 Å². The number of thiazole rings is 1. The van der Waals surface area contributed by atoms with Gasteiger partial charge in [0.15, 0.2) is 5.13 Å². The standard InChI is InChI=1S/C20H24ClN3O3S2.ClH/c1-23(2)10-5-11-24(17(25)12-13-6-9-16(21)28-13)20-22-18-14(26-3)7-8-15(27-4)19(18)29-20;/h6-9H,5,10-12H2,1-4H3;1H. The fourth-order valence-electron chi connectivity index (χ4n) is 2.95. The molecule has 0 fully saturated rings. The number of hydrogen-bond donors (Lipinski definition) is 0. The van der Waals surface area contributed by atoms with Crippen molar-refractivity contribution in [2.75, 3.05) is 46.3 Å². The van der Waals surface area contributed by atoms with E-state index in [1.54, 1.807) is 19.1 Å². The summed E-state index contributed by atoms with van der Waals surface area (Å²) in [7, 11) is 7.28. The Kier molecular flexibility index (Phi) is 9.18. The minimum absolute atomic E-state index is 0. The third-order valence-corrected chi connectivity index (χ3v) is 6.70. The van der Waals surface area contributed by atoms with Gasteiger partial charge in [-0.1, -0.05) is 22.9 Å². The van der Waals surface area contributed by atoms with Crippen molar-refractivity contribution < 1.29 is 14.3 Å². The summed E-state index contributed by atoms with van der Waals surface area (Å²) in [6.45, 7) is 1.47. The Hall–Kier alpha value is -1.58. The average Bonchev–Trinajstić information content (AvgIpc) is 3.30. The van der Waals surface area contributed by atoms with E-state index in [1.165, 1.54) is 22.7 Å². The second kappa shape index (κ2) is 11.2. The highest BCUT2D eigenvalue weighted by Crippen LogP contribution is 2.40. The van der Waals surface area contributed by atoms with Crippen molar-refractivity contribution in [3.63, 3.8) is 0 Å². The van der Waals surface area contributed by atoms with Gasteiger partial charge in [0, 0.05) is 11.4 Å². The molecule has 0 spiro atoms. The molecule has 2 heterocycles. The zero-order valence-electron chi connectivity index (χ0n) is 17.3. The van der Waals surface area contributed by atoms with Gasteiger partial charge in [-0.05, 0) is 51.3 Å². The van der Waals surface area contributed by atoms with Crippen molar-refractivity contribution in [2.24, 2.45) is 0 Å². The van der Waals surface area contributed by atoms with E-state index in [1.807, 2.05) is 38.4 Å². The number of methoxy groups -OCH3 is 2. The maximum Gasteiger partial charge on any atom is 0.234 e. The summed E-state index contributed by atoms with van der Waals surface area (Å²) in [5.74, 6) is 1.38. The maximum atomic E-state index is 13.2. The van der Waals surface area contributed by atoms with Gasteiger partial charge in [0.05, 0.1) is 25.0 Å². The van der Waals surface area contributed by atoms with Crippen LogP contribution < -0.4 is 14.4 Å². The molecule has 0 aliphatic carbocycles. The first-order valence-electron chi connectivity index (χ1n) is 9.13. The lowest BCUT2D eigenvalue weighted by atomic mass is 10.3. The number of fused-ring (bicyclic) bond motifs is 1. The summed E-state index contributed by atoms with van der Waals surface area (Å²) in [5, 5.41) is 0.647. The highest BCUT2D eigenvalue weighted by molar-refractivity contribution is 7.22. The number of nitrogens with zero attached hydrogens (tertiary/aromatic N) is 3. The molecule has 6 nitrogen and oxygen atoms in total. The molecule has 0 atom stereocenters. The van der Waals surface area contributed by atoms with Crippen LogP contribution in [0.4, 0.5) is 5.13 Å². The van der Waals surface area contributed by atoms with E-state index >= 15 is 0 Å². The van der Waals surface area contributed by atoms with Gasteiger partial charge in [-0.25, -0.2) is 4.98 Å². The van der Waals surface area contributed by atoms with Gasteiger partial charge in [0.2, 0.25) is 5.91 Å². The Bertz CT molecular complexity index is 950. The van der Waals surface area contributed by atoms with Crippen LogP contribution in [0, 0.1) is 0 Å². The molecular weight excluding hydrogens is 465 g/mol. The zero-order valence-corrected chi connectivity index (χ0v) is 20.5. The molecule has 0 bridgehead atoms. The number of ether oxygens (including phenoxy) is 2. The Labute approximate surface area is 195 Å². The lowest BCUT2D eigenvalue weighted by Gasteiger charge is -2.20. The summed E-state index contributed by atoms with van der Waals surface area (Å²) >= 11 is 8.90. The first-order chi connectivity index (χ1) is 13.9. The topological polar surface area (TPSA) is 54.9 Å². The number of aromatic nitrogens is 1. The van der Waals surface area contributed by atoms with Crippen molar-refractivity contribution in [1.82, 2.24) is 9.88 Å². The number of halogens is 2. The van der Waals surface area contributed by atoms with Gasteiger partial charge >= 0.3 is 0 Å². The number of thiophene rings is 1. The normalized spacial score (nSPS) is 10.9. The Morgan fingerprint density at radius 1 is 1.07 bits per heavy atom. The molecule has 0 saturated heterocycles. The van der Waals surface area contributed by atoms with Gasteiger partial charge in [0.25, 0.3) is 0 Å². The Balaban J connectivity index is 0.00000320. The smallest absolute Gasteiger partial charge is 0.234 e. The van der Waals surface area contributed by atoms with Crippen LogP contribution in [0.5, 0.6) is 11.5 Å². The molecule has 10 heteroatoms. The molecule has 3 rings (SSSR count). The predicted molar refractivity (Wildman–Crippen MR) is 129 cm³/mol. The van der Waals surface area contributed by atoms with Crippen LogP contribution in [0.15, 0.2) is 24.3 Å². The van der Waals surface area contributed by atoms with Crippen LogP contribution in [-0.2, 0) is 11.2 Å². The molecular formula is C20H25Cl2N3O3S2. The third-order valence-electron chi connectivity index (χ3n) is 4.37. The molecule has 0 saturated carbocycles. The highest BCUT2D eigenvalue weighted by atomic mass is 35.5. The highest BCUT2D eigenvalue weighted by Gasteiger charge is 2.23. The van der Waals surface area contributed by atoms with Crippen LogP contribution in [-0.4, -0.2) is 57.2 Å². The van der Waals surface area contributed by atoms with Gasteiger partial charge in [-0.3, -0.25) is 9.69 Å². The van der Waals surface area contributed by atoms with E-state index in [9.17, 15) is 4.79 Å². The molecule has 2 aromatic heterocycles. The number of hydrogen-bond acceptors (Lipinski definition) is 7. The van der Waals surface area contributed by atoms with Crippen LogP contribution in [0.1, 0.15) is 11.3 Å². The molecule has 0 radical (unpaired) electrons. The minimum Gasteiger partial charge on any atom is -0.495 e. The number of rotatable bonds is 9. The first-order valence-corrected chi connectivity index (χ1v) is 11.1. The van der Waals surface area contributed by atoms with Gasteiger partial charge < -0.3 is 14.4 Å². The van der Waals surface area contributed by atoms with E-state index in [4.69, 9.17) is 26.1 Å². The van der Waals surface area contributed by atoms with E-state index in [0.717, 1.165) is 28.3 Å². The van der Waals surface area contributed by atoms with Gasteiger partial charge in [0.1, 0.15) is 21.7 Å². The van der Waals surface area contributed by atoms with Crippen molar-refractivity contribution >= 4 is 67.9 Å². The van der Waals surface area contributed by atoms with Crippen molar-refractivity contribution in [3.8, 4) is 11.5 Å². The van der Waals surface area contributed by atoms with Crippen molar-refractivity contribution in [1.29, 1.82) is 0 Å². The second-order valence-corrected chi connectivity index (χ2v) is 9.51. The van der Waals surface area contributed by atoms with Crippen LogP contribution in [0.2, 0.25) is 4.34 Å². The Morgan fingerprint density at radius 2 is 1.77 bits per heavy atom. The molecule has 30 heavy (non-hydrogen) atoms. The molecule has 0 unspecified atom stereocenters. The zero-order chi connectivity index (χ0) is 21.0. The molecule has 0 aliphatic rings. The van der Waals surface area contributed by atoms with E-state index in [-0.39, 0.29) is 18.3 Å². The predicted octanol–water partition coefficient (Wildman–Crippen LogP) is 4.98. The average molecular weight is 490 g/mol. The molecule has 1 amide bonds. The van der Waals surface area contributed by atoms with Crippen molar-refractivity contribution in [2.45, 2.75) is 12.8 Å². The van der Waals surface area contributed by atoms with Gasteiger partial charge in [-0.2, -0.15) is 0 Å². The fraction of sp³-hybridized carbons (Fsp3) is 0.400. The largest absolute Gasteiger partial charge is 0.495 e. The summed E-state index contributed by atoms with van der Waals surface area (Å²) < 4.78 is 12.5. The monoisotopic (exact) mass is 489 g/mol. The minimum atomic E-state index is -0.000683. The number of amides is 1.